The number of amides is 1. The summed E-state index contributed by atoms with van der Waals surface area (Å²) in [5.74, 6) is 0.375. The van der Waals surface area contributed by atoms with E-state index < -0.39 is 6.09 Å². The van der Waals surface area contributed by atoms with Crippen LogP contribution in [-0.4, -0.2) is 11.2 Å². The standard InChI is InChI=1S/C8H9NO3/c9-8(11)12-7-3-1-6(5-10)2-4-7/h1-4,10H,5H2,(H2,9,11). The Balaban J connectivity index is 2.71. The summed E-state index contributed by atoms with van der Waals surface area (Å²) < 4.78 is 4.57. The molecule has 0 atom stereocenters. The second kappa shape index (κ2) is 3.73. The highest BCUT2D eigenvalue weighted by Gasteiger charge is 1.97. The third kappa shape index (κ3) is 2.25. The number of benzene rings is 1. The van der Waals surface area contributed by atoms with Crippen LogP contribution in [0.2, 0.25) is 0 Å². The van der Waals surface area contributed by atoms with E-state index in [0.29, 0.717) is 5.75 Å². The monoisotopic (exact) mass is 167 g/mol. The summed E-state index contributed by atoms with van der Waals surface area (Å²) in [7, 11) is 0. The van der Waals surface area contributed by atoms with Crippen molar-refractivity contribution in [3.05, 3.63) is 29.8 Å². The number of carbonyl (C=O) groups excluding carboxylic acids is 1. The van der Waals surface area contributed by atoms with E-state index >= 15 is 0 Å². The predicted octanol–water partition coefficient (Wildman–Crippen LogP) is 0.636. The molecule has 0 saturated carbocycles. The zero-order valence-electron chi connectivity index (χ0n) is 6.36. The maximum Gasteiger partial charge on any atom is 0.409 e. The van der Waals surface area contributed by atoms with E-state index in [1.54, 1.807) is 24.3 Å². The van der Waals surface area contributed by atoms with E-state index in [-0.39, 0.29) is 6.61 Å². The molecule has 1 amide bonds. The maximum absolute atomic E-state index is 10.3. The van der Waals surface area contributed by atoms with Crippen LogP contribution in [-0.2, 0) is 6.61 Å². The van der Waals surface area contributed by atoms with Gasteiger partial charge in [0, 0.05) is 0 Å². The molecule has 0 radical (unpaired) electrons. The molecule has 0 aromatic heterocycles. The number of aliphatic hydroxyl groups excluding tert-OH is 1. The number of hydrogen-bond donors (Lipinski definition) is 2. The van der Waals surface area contributed by atoms with Crippen molar-refractivity contribution in [2.45, 2.75) is 6.61 Å². The van der Waals surface area contributed by atoms with Gasteiger partial charge in [0.1, 0.15) is 5.75 Å². The van der Waals surface area contributed by atoms with Gasteiger partial charge in [-0.15, -0.1) is 0 Å². The van der Waals surface area contributed by atoms with Crippen LogP contribution in [0.5, 0.6) is 5.75 Å². The Morgan fingerprint density at radius 3 is 2.42 bits per heavy atom. The first kappa shape index (κ1) is 8.55. The zero-order valence-corrected chi connectivity index (χ0v) is 6.36. The van der Waals surface area contributed by atoms with Crippen LogP contribution in [0, 0.1) is 0 Å². The molecule has 0 aliphatic heterocycles. The van der Waals surface area contributed by atoms with E-state index in [1.165, 1.54) is 0 Å². The molecule has 1 aromatic carbocycles. The third-order valence-electron chi connectivity index (χ3n) is 1.32. The minimum atomic E-state index is -0.841. The van der Waals surface area contributed by atoms with Crippen molar-refractivity contribution in [1.82, 2.24) is 0 Å². The van der Waals surface area contributed by atoms with Gasteiger partial charge in [-0.3, -0.25) is 0 Å². The van der Waals surface area contributed by atoms with Crippen molar-refractivity contribution >= 4 is 6.09 Å². The summed E-state index contributed by atoms with van der Waals surface area (Å²) >= 11 is 0. The van der Waals surface area contributed by atoms with Gasteiger partial charge < -0.3 is 15.6 Å². The number of hydrogen-bond acceptors (Lipinski definition) is 3. The van der Waals surface area contributed by atoms with Crippen LogP contribution in [0.15, 0.2) is 24.3 Å². The first-order chi connectivity index (χ1) is 5.72. The summed E-state index contributed by atoms with van der Waals surface area (Å²) in [4.78, 5) is 10.3. The summed E-state index contributed by atoms with van der Waals surface area (Å²) in [5.41, 5.74) is 5.54. The van der Waals surface area contributed by atoms with Gasteiger partial charge in [0.15, 0.2) is 0 Å². The van der Waals surface area contributed by atoms with E-state index in [0.717, 1.165) is 5.56 Å². The molecule has 1 rings (SSSR count). The first-order valence-electron chi connectivity index (χ1n) is 3.39. The Morgan fingerprint density at radius 2 is 2.00 bits per heavy atom. The van der Waals surface area contributed by atoms with E-state index in [9.17, 15) is 4.79 Å². The van der Waals surface area contributed by atoms with Crippen molar-refractivity contribution in [3.8, 4) is 5.75 Å². The molecule has 0 unspecified atom stereocenters. The summed E-state index contributed by atoms with van der Waals surface area (Å²) in [6.45, 7) is -0.0309. The number of ether oxygens (including phenoxy) is 1. The van der Waals surface area contributed by atoms with Gasteiger partial charge in [-0.1, -0.05) is 12.1 Å². The molecular weight excluding hydrogens is 158 g/mol. The highest BCUT2D eigenvalue weighted by molar-refractivity contribution is 5.67. The van der Waals surface area contributed by atoms with Crippen LogP contribution in [0.3, 0.4) is 0 Å². The molecule has 0 bridgehead atoms. The summed E-state index contributed by atoms with van der Waals surface area (Å²) in [5, 5.41) is 8.68. The van der Waals surface area contributed by atoms with Crippen molar-refractivity contribution in [2.75, 3.05) is 0 Å². The summed E-state index contributed by atoms with van der Waals surface area (Å²) in [6, 6.07) is 6.43. The van der Waals surface area contributed by atoms with Crippen LogP contribution < -0.4 is 10.5 Å². The second-order valence-electron chi connectivity index (χ2n) is 2.22. The van der Waals surface area contributed by atoms with Crippen molar-refractivity contribution in [2.24, 2.45) is 5.73 Å². The number of nitrogens with two attached hydrogens (primary N) is 1. The van der Waals surface area contributed by atoms with Crippen molar-refractivity contribution < 1.29 is 14.6 Å². The Labute approximate surface area is 69.6 Å². The van der Waals surface area contributed by atoms with Crippen molar-refractivity contribution in [1.29, 1.82) is 0 Å². The van der Waals surface area contributed by atoms with Crippen LogP contribution in [0.1, 0.15) is 5.56 Å². The molecule has 0 saturated heterocycles. The molecule has 0 heterocycles. The van der Waals surface area contributed by atoms with Gasteiger partial charge in [-0.05, 0) is 17.7 Å². The molecule has 0 spiro atoms. The molecule has 1 aromatic rings. The minimum absolute atomic E-state index is 0.0309. The molecule has 0 aliphatic rings. The van der Waals surface area contributed by atoms with Crippen molar-refractivity contribution in [3.63, 3.8) is 0 Å². The smallest absolute Gasteiger partial charge is 0.409 e. The predicted molar refractivity (Wildman–Crippen MR) is 42.6 cm³/mol. The highest BCUT2D eigenvalue weighted by atomic mass is 16.5. The van der Waals surface area contributed by atoms with Gasteiger partial charge in [0.2, 0.25) is 0 Å². The lowest BCUT2D eigenvalue weighted by Gasteiger charge is -2.00. The molecular formula is C8H9NO3. The lowest BCUT2D eigenvalue weighted by Crippen LogP contribution is -2.16. The number of carbonyl (C=O) groups is 1. The van der Waals surface area contributed by atoms with Crippen LogP contribution in [0.25, 0.3) is 0 Å². The normalized spacial score (nSPS) is 9.42. The SMILES string of the molecule is NC(=O)Oc1ccc(CO)cc1. The van der Waals surface area contributed by atoms with Gasteiger partial charge in [0.25, 0.3) is 0 Å². The Hall–Kier alpha value is -1.55. The molecule has 4 nitrogen and oxygen atoms in total. The average molecular weight is 167 g/mol. The maximum atomic E-state index is 10.3. The lowest BCUT2D eigenvalue weighted by atomic mass is 10.2. The first-order valence-corrected chi connectivity index (χ1v) is 3.39. The quantitative estimate of drug-likeness (QED) is 0.678. The number of aliphatic hydroxyl groups is 1. The van der Waals surface area contributed by atoms with Gasteiger partial charge in [-0.2, -0.15) is 0 Å². The molecule has 0 aliphatic carbocycles. The number of rotatable bonds is 2. The van der Waals surface area contributed by atoms with Crippen LogP contribution >= 0.6 is 0 Å². The fourth-order valence-electron chi connectivity index (χ4n) is 0.779. The van der Waals surface area contributed by atoms with E-state index in [1.807, 2.05) is 0 Å². The zero-order chi connectivity index (χ0) is 8.97. The Kier molecular flexibility index (Phi) is 2.66. The van der Waals surface area contributed by atoms with Crippen LogP contribution in [0.4, 0.5) is 4.79 Å². The molecule has 12 heavy (non-hydrogen) atoms. The van der Waals surface area contributed by atoms with Gasteiger partial charge in [-0.25, -0.2) is 4.79 Å². The van der Waals surface area contributed by atoms with Gasteiger partial charge >= 0.3 is 6.09 Å². The lowest BCUT2D eigenvalue weighted by molar-refractivity contribution is 0.211. The topological polar surface area (TPSA) is 72.6 Å². The molecule has 3 N–H and O–H groups in total. The fraction of sp³-hybridized carbons (Fsp3) is 0.125. The fourth-order valence-corrected chi connectivity index (χ4v) is 0.779. The highest BCUT2D eigenvalue weighted by Crippen LogP contribution is 2.11. The molecule has 64 valence electrons. The largest absolute Gasteiger partial charge is 0.411 e. The molecule has 0 fully saturated rings. The summed E-state index contributed by atoms with van der Waals surface area (Å²) in [6.07, 6.45) is -0.841. The number of primary amides is 1. The minimum Gasteiger partial charge on any atom is -0.411 e. The third-order valence-corrected chi connectivity index (χ3v) is 1.32. The Bertz CT molecular complexity index is 268. The molecule has 4 heteroatoms. The average Bonchev–Trinajstić information content (AvgIpc) is 2.05. The second-order valence-corrected chi connectivity index (χ2v) is 2.22. The Morgan fingerprint density at radius 1 is 1.42 bits per heavy atom. The van der Waals surface area contributed by atoms with Gasteiger partial charge in [0.05, 0.1) is 6.61 Å². The van der Waals surface area contributed by atoms with E-state index in [4.69, 9.17) is 10.8 Å². The van der Waals surface area contributed by atoms with E-state index in [2.05, 4.69) is 4.74 Å².